The molecular weight excluding hydrogens is 372 g/mol. The zero-order valence-corrected chi connectivity index (χ0v) is 16.7. The zero-order chi connectivity index (χ0) is 20.9. The molecule has 3 aromatic rings. The molecule has 1 aliphatic rings. The molecule has 0 heterocycles. The molecule has 4 nitrogen and oxygen atoms in total. The number of carbonyl (C=O) groups is 2. The number of hydrogen-bond acceptors (Lipinski definition) is 4. The Kier molecular flexibility index (Phi) is 5.75. The first-order valence-corrected chi connectivity index (χ1v) is 10.1. The minimum absolute atomic E-state index is 0.181. The van der Waals surface area contributed by atoms with E-state index in [0.717, 1.165) is 17.5 Å². The highest BCUT2D eigenvalue weighted by atomic mass is 16.2. The summed E-state index contributed by atoms with van der Waals surface area (Å²) in [6.45, 7) is 1.96. The van der Waals surface area contributed by atoms with Crippen LogP contribution in [0.15, 0.2) is 95.1 Å². The first-order chi connectivity index (χ1) is 14.7. The van der Waals surface area contributed by atoms with E-state index < -0.39 is 11.8 Å². The molecule has 4 rings (SSSR count). The van der Waals surface area contributed by atoms with E-state index >= 15 is 0 Å². The first-order valence-electron chi connectivity index (χ1n) is 10.1. The van der Waals surface area contributed by atoms with Crippen molar-refractivity contribution in [3.8, 4) is 0 Å². The van der Waals surface area contributed by atoms with Crippen LogP contribution in [0.3, 0.4) is 0 Å². The van der Waals surface area contributed by atoms with E-state index in [1.54, 1.807) is 12.3 Å². The van der Waals surface area contributed by atoms with Crippen molar-refractivity contribution in [3.05, 3.63) is 107 Å². The second-order valence-corrected chi connectivity index (χ2v) is 7.19. The number of benzene rings is 3. The molecule has 1 atom stereocenters. The Hall–Kier alpha value is -3.66. The minimum atomic E-state index is -0.971. The largest absolute Gasteiger partial charge is 0.297 e. The normalized spacial score (nSPS) is 17.1. The molecule has 1 aliphatic carbocycles. The molecule has 0 amide bonds. The van der Waals surface area contributed by atoms with Crippen LogP contribution in [0, 0.1) is 5.92 Å². The summed E-state index contributed by atoms with van der Waals surface area (Å²) in [6, 6.07) is 26.4. The van der Waals surface area contributed by atoms with E-state index in [4.69, 9.17) is 0 Å². The Balaban J connectivity index is 1.83. The third-order valence-corrected chi connectivity index (χ3v) is 5.27. The van der Waals surface area contributed by atoms with Gasteiger partial charge in [-0.2, -0.15) is 10.2 Å². The van der Waals surface area contributed by atoms with Gasteiger partial charge in [-0.05, 0) is 17.5 Å². The topological polar surface area (TPSA) is 58.9 Å². The average molecular weight is 394 g/mol. The van der Waals surface area contributed by atoms with Crippen molar-refractivity contribution >= 4 is 23.5 Å². The van der Waals surface area contributed by atoms with Crippen molar-refractivity contribution in [2.75, 3.05) is 0 Å². The first kappa shape index (κ1) is 19.6. The Morgan fingerprint density at radius 2 is 1.40 bits per heavy atom. The van der Waals surface area contributed by atoms with Gasteiger partial charge in [-0.25, -0.2) is 0 Å². The number of Topliss-reactive ketones (excluding diaryl/α,β-unsaturated/α-hetero) is 2. The zero-order valence-electron chi connectivity index (χ0n) is 16.7. The fraction of sp³-hybridized carbons (Fsp3) is 0.154. The fourth-order valence-corrected chi connectivity index (χ4v) is 3.90. The van der Waals surface area contributed by atoms with E-state index in [-0.39, 0.29) is 11.6 Å². The van der Waals surface area contributed by atoms with Gasteiger partial charge in [-0.3, -0.25) is 9.59 Å². The van der Waals surface area contributed by atoms with Gasteiger partial charge >= 0.3 is 0 Å². The molecular formula is C26H22N2O2. The van der Waals surface area contributed by atoms with Gasteiger partial charge in [0.25, 0.3) is 0 Å². The number of hydrogen-bond donors (Lipinski definition) is 0. The van der Waals surface area contributed by atoms with Crippen molar-refractivity contribution in [1.29, 1.82) is 0 Å². The third kappa shape index (κ3) is 3.64. The van der Waals surface area contributed by atoms with Crippen molar-refractivity contribution in [2.45, 2.75) is 19.3 Å². The van der Waals surface area contributed by atoms with E-state index in [1.165, 1.54) is 0 Å². The fourth-order valence-electron chi connectivity index (χ4n) is 3.90. The summed E-state index contributed by atoms with van der Waals surface area (Å²) in [5.41, 5.74) is 3.36. The summed E-state index contributed by atoms with van der Waals surface area (Å²) in [5, 5.41) is 8.42. The van der Waals surface area contributed by atoms with Crippen LogP contribution in [-0.2, 0) is 4.79 Å². The molecule has 0 aromatic heterocycles. The van der Waals surface area contributed by atoms with Crippen LogP contribution in [0.4, 0.5) is 0 Å². The second kappa shape index (κ2) is 8.78. The van der Waals surface area contributed by atoms with Gasteiger partial charge in [0.15, 0.2) is 11.6 Å². The van der Waals surface area contributed by atoms with Gasteiger partial charge < -0.3 is 0 Å². The second-order valence-electron chi connectivity index (χ2n) is 7.19. The van der Waals surface area contributed by atoms with E-state index in [2.05, 4.69) is 10.2 Å². The van der Waals surface area contributed by atoms with Crippen molar-refractivity contribution in [1.82, 2.24) is 0 Å². The Bertz CT molecular complexity index is 1080. The summed E-state index contributed by atoms with van der Waals surface area (Å²) in [7, 11) is 0. The Labute approximate surface area is 176 Å². The van der Waals surface area contributed by atoms with Gasteiger partial charge in [-0.1, -0.05) is 91.9 Å². The smallest absolute Gasteiger partial charge is 0.180 e. The summed E-state index contributed by atoms with van der Waals surface area (Å²) in [6.07, 6.45) is 2.40. The summed E-state index contributed by atoms with van der Waals surface area (Å²) < 4.78 is 0. The number of carbonyl (C=O) groups excluding carboxylic acids is 2. The standard InChI is InChI=1S/C26H22N2O2/c1-2-17-27-28-24-20-15-9-10-16-21(20)25(29)23(24)26(30)22(18-11-5-3-6-12-18)19-13-7-4-8-14-19/h3-17,22-23H,2H2,1H3/b27-17-,28-24+/t23-/m1/s1. The monoisotopic (exact) mass is 394 g/mol. The van der Waals surface area contributed by atoms with Gasteiger partial charge in [0.1, 0.15) is 5.92 Å². The molecule has 0 bridgehead atoms. The lowest BCUT2D eigenvalue weighted by Crippen LogP contribution is -2.31. The third-order valence-electron chi connectivity index (χ3n) is 5.27. The predicted octanol–water partition coefficient (Wildman–Crippen LogP) is 5.09. The maximum Gasteiger partial charge on any atom is 0.180 e. The van der Waals surface area contributed by atoms with Crippen LogP contribution in [0.2, 0.25) is 0 Å². The van der Waals surface area contributed by atoms with Crippen LogP contribution >= 0.6 is 0 Å². The molecule has 0 spiro atoms. The number of ketones is 2. The highest BCUT2D eigenvalue weighted by molar-refractivity contribution is 6.38. The summed E-state index contributed by atoms with van der Waals surface area (Å²) >= 11 is 0. The lowest BCUT2D eigenvalue weighted by molar-refractivity contribution is -0.120. The molecule has 0 N–H and O–H groups in total. The average Bonchev–Trinajstić information content (AvgIpc) is 3.07. The predicted molar refractivity (Wildman–Crippen MR) is 119 cm³/mol. The summed E-state index contributed by atoms with van der Waals surface area (Å²) in [5.74, 6) is -1.92. The van der Waals surface area contributed by atoms with E-state index in [9.17, 15) is 9.59 Å². The van der Waals surface area contributed by atoms with Crippen molar-refractivity contribution < 1.29 is 9.59 Å². The Morgan fingerprint density at radius 3 is 1.97 bits per heavy atom. The van der Waals surface area contributed by atoms with Crippen LogP contribution in [0.5, 0.6) is 0 Å². The molecule has 0 aliphatic heterocycles. The summed E-state index contributed by atoms with van der Waals surface area (Å²) in [4.78, 5) is 27.2. The quantitative estimate of drug-likeness (QED) is 0.332. The number of rotatable bonds is 6. The maximum atomic E-state index is 13.9. The van der Waals surface area contributed by atoms with Gasteiger partial charge in [0.05, 0.1) is 11.6 Å². The number of nitrogens with zero attached hydrogens (tertiary/aromatic N) is 2. The van der Waals surface area contributed by atoms with E-state index in [0.29, 0.717) is 16.8 Å². The lowest BCUT2D eigenvalue weighted by atomic mass is 9.80. The molecule has 0 saturated carbocycles. The molecule has 148 valence electrons. The van der Waals surface area contributed by atoms with Gasteiger partial charge in [0, 0.05) is 17.3 Å². The Morgan fingerprint density at radius 1 is 0.867 bits per heavy atom. The lowest BCUT2D eigenvalue weighted by Gasteiger charge is -2.20. The molecule has 4 heteroatoms. The van der Waals surface area contributed by atoms with Crippen LogP contribution < -0.4 is 0 Å². The molecule has 0 fully saturated rings. The molecule has 0 unspecified atom stereocenters. The van der Waals surface area contributed by atoms with Crippen molar-refractivity contribution in [3.63, 3.8) is 0 Å². The molecule has 0 saturated heterocycles. The van der Waals surface area contributed by atoms with E-state index in [1.807, 2.05) is 85.8 Å². The highest BCUT2D eigenvalue weighted by Gasteiger charge is 2.44. The van der Waals surface area contributed by atoms with Crippen molar-refractivity contribution in [2.24, 2.45) is 16.1 Å². The molecule has 0 radical (unpaired) electrons. The van der Waals surface area contributed by atoms with Crippen LogP contribution in [0.25, 0.3) is 0 Å². The van der Waals surface area contributed by atoms with Gasteiger partial charge in [0.2, 0.25) is 0 Å². The van der Waals surface area contributed by atoms with Crippen LogP contribution in [0.1, 0.15) is 46.3 Å². The molecule has 30 heavy (non-hydrogen) atoms. The maximum absolute atomic E-state index is 13.9. The SMILES string of the molecule is CC/C=N\N=C1/c2ccccc2C(=O)[C@@H]1C(=O)C(c1ccccc1)c1ccccc1. The molecule has 3 aromatic carbocycles. The van der Waals surface area contributed by atoms with Gasteiger partial charge in [-0.15, -0.1) is 0 Å². The minimum Gasteiger partial charge on any atom is -0.297 e. The van der Waals surface area contributed by atoms with Crippen LogP contribution in [-0.4, -0.2) is 23.5 Å². The number of fused-ring (bicyclic) bond motifs is 1. The highest BCUT2D eigenvalue weighted by Crippen LogP contribution is 2.35.